The molecule has 2 aromatic rings. The average Bonchev–Trinajstić information content (AvgIpc) is 2.65. The molecular formula is C13H17BrN4. The Bertz CT molecular complexity index is 570. The van der Waals surface area contributed by atoms with Gasteiger partial charge in [-0.2, -0.15) is 0 Å². The van der Waals surface area contributed by atoms with E-state index in [1.807, 2.05) is 12.3 Å². The molecule has 5 heteroatoms. The van der Waals surface area contributed by atoms with Gasteiger partial charge in [0.1, 0.15) is 5.52 Å². The lowest BCUT2D eigenvalue weighted by Crippen LogP contribution is -2.18. The number of nitrogen functional groups attached to an aromatic ring is 1. The zero-order valence-electron chi connectivity index (χ0n) is 10.4. The van der Waals surface area contributed by atoms with Crippen molar-refractivity contribution in [3.63, 3.8) is 0 Å². The van der Waals surface area contributed by atoms with Gasteiger partial charge in [-0.05, 0) is 53.6 Å². The molecule has 0 radical (unpaired) electrons. The Kier molecular flexibility index (Phi) is 3.01. The van der Waals surface area contributed by atoms with Crippen molar-refractivity contribution < 1.29 is 0 Å². The molecule has 1 fully saturated rings. The number of nitrogens with two attached hydrogens (primary N) is 1. The first-order chi connectivity index (χ1) is 8.65. The van der Waals surface area contributed by atoms with Gasteiger partial charge in [0.05, 0.1) is 0 Å². The van der Waals surface area contributed by atoms with Crippen molar-refractivity contribution in [1.82, 2.24) is 14.5 Å². The molecule has 0 unspecified atom stereocenters. The number of hydrogen-bond donors (Lipinski definition) is 1. The molecule has 2 heterocycles. The van der Waals surface area contributed by atoms with E-state index in [0.717, 1.165) is 21.6 Å². The minimum atomic E-state index is 0.458. The summed E-state index contributed by atoms with van der Waals surface area (Å²) in [4.78, 5) is 8.89. The Morgan fingerprint density at radius 3 is 2.78 bits per heavy atom. The number of anilines is 1. The number of nitrogens with zero attached hydrogens (tertiary/aromatic N) is 3. The van der Waals surface area contributed by atoms with Crippen LogP contribution in [0.4, 0.5) is 5.95 Å². The maximum Gasteiger partial charge on any atom is 0.202 e. The number of imidazole rings is 1. The lowest BCUT2D eigenvalue weighted by Gasteiger charge is -2.27. The highest BCUT2D eigenvalue weighted by Crippen LogP contribution is 2.35. The minimum Gasteiger partial charge on any atom is -0.369 e. The number of pyridine rings is 1. The third-order valence-corrected chi connectivity index (χ3v) is 4.31. The summed E-state index contributed by atoms with van der Waals surface area (Å²) < 4.78 is 3.06. The molecule has 3 rings (SSSR count). The van der Waals surface area contributed by atoms with Crippen LogP contribution >= 0.6 is 15.9 Å². The van der Waals surface area contributed by atoms with E-state index in [0.29, 0.717) is 12.0 Å². The van der Waals surface area contributed by atoms with Gasteiger partial charge >= 0.3 is 0 Å². The molecule has 1 aliphatic rings. The van der Waals surface area contributed by atoms with Crippen molar-refractivity contribution in [3.05, 3.63) is 16.7 Å². The van der Waals surface area contributed by atoms with Crippen LogP contribution in [0.15, 0.2) is 16.7 Å². The van der Waals surface area contributed by atoms with E-state index >= 15 is 0 Å². The molecule has 0 saturated heterocycles. The molecule has 18 heavy (non-hydrogen) atoms. The third kappa shape index (κ3) is 2.00. The van der Waals surface area contributed by atoms with Crippen LogP contribution in [-0.2, 0) is 0 Å². The van der Waals surface area contributed by atoms with Gasteiger partial charge in [-0.3, -0.25) is 4.57 Å². The van der Waals surface area contributed by atoms with Gasteiger partial charge in [0.25, 0.3) is 0 Å². The monoisotopic (exact) mass is 308 g/mol. The normalized spacial score (nSPS) is 24.6. The fraction of sp³-hybridized carbons (Fsp3) is 0.538. The van der Waals surface area contributed by atoms with E-state index in [-0.39, 0.29) is 0 Å². The topological polar surface area (TPSA) is 56.7 Å². The summed E-state index contributed by atoms with van der Waals surface area (Å²) in [7, 11) is 0. The van der Waals surface area contributed by atoms with Crippen LogP contribution in [-0.4, -0.2) is 14.5 Å². The zero-order chi connectivity index (χ0) is 12.7. The second-order valence-electron chi connectivity index (χ2n) is 5.25. The maximum absolute atomic E-state index is 6.07. The van der Waals surface area contributed by atoms with E-state index in [1.165, 1.54) is 25.7 Å². The van der Waals surface area contributed by atoms with Crippen molar-refractivity contribution >= 4 is 33.0 Å². The Hall–Kier alpha value is -1.10. The zero-order valence-corrected chi connectivity index (χ0v) is 12.0. The molecule has 2 N–H and O–H groups in total. The van der Waals surface area contributed by atoms with Crippen LogP contribution in [0.5, 0.6) is 0 Å². The highest BCUT2D eigenvalue weighted by molar-refractivity contribution is 9.10. The van der Waals surface area contributed by atoms with Crippen LogP contribution in [0.2, 0.25) is 0 Å². The quantitative estimate of drug-likeness (QED) is 0.877. The van der Waals surface area contributed by atoms with Crippen molar-refractivity contribution in [3.8, 4) is 0 Å². The molecular weight excluding hydrogens is 292 g/mol. The number of halogens is 1. The Balaban J connectivity index is 2.03. The molecule has 1 saturated carbocycles. The predicted octanol–water partition coefficient (Wildman–Crippen LogP) is 3.53. The number of hydrogen-bond acceptors (Lipinski definition) is 3. The Morgan fingerprint density at radius 2 is 2.06 bits per heavy atom. The first-order valence-electron chi connectivity index (χ1n) is 6.44. The predicted molar refractivity (Wildman–Crippen MR) is 76.3 cm³/mol. The van der Waals surface area contributed by atoms with Gasteiger partial charge in [0.15, 0.2) is 5.65 Å². The molecule has 0 aliphatic heterocycles. The van der Waals surface area contributed by atoms with Crippen molar-refractivity contribution in [2.24, 2.45) is 5.92 Å². The maximum atomic E-state index is 6.07. The van der Waals surface area contributed by atoms with Gasteiger partial charge in [-0.1, -0.05) is 6.92 Å². The van der Waals surface area contributed by atoms with E-state index in [1.54, 1.807) is 0 Å². The number of fused-ring (bicyclic) bond motifs is 1. The van der Waals surface area contributed by atoms with Gasteiger partial charge in [0, 0.05) is 16.7 Å². The highest BCUT2D eigenvalue weighted by Gasteiger charge is 2.23. The smallest absolute Gasteiger partial charge is 0.202 e. The van der Waals surface area contributed by atoms with Gasteiger partial charge in [-0.15, -0.1) is 0 Å². The van der Waals surface area contributed by atoms with E-state index in [9.17, 15) is 0 Å². The average molecular weight is 309 g/mol. The van der Waals surface area contributed by atoms with Crippen molar-refractivity contribution in [1.29, 1.82) is 0 Å². The van der Waals surface area contributed by atoms with Gasteiger partial charge < -0.3 is 5.73 Å². The van der Waals surface area contributed by atoms with Crippen LogP contribution in [0.3, 0.4) is 0 Å². The van der Waals surface area contributed by atoms with Crippen molar-refractivity contribution in [2.75, 3.05) is 5.73 Å². The number of aromatic nitrogens is 3. The minimum absolute atomic E-state index is 0.458. The largest absolute Gasteiger partial charge is 0.369 e. The molecule has 1 aliphatic carbocycles. The second kappa shape index (κ2) is 4.53. The molecule has 0 aromatic carbocycles. The summed E-state index contributed by atoms with van der Waals surface area (Å²) in [6.07, 6.45) is 6.69. The van der Waals surface area contributed by atoms with Crippen LogP contribution in [0.1, 0.15) is 38.6 Å². The summed E-state index contributed by atoms with van der Waals surface area (Å²) in [5, 5.41) is 0. The molecule has 96 valence electrons. The molecule has 4 nitrogen and oxygen atoms in total. The van der Waals surface area contributed by atoms with Crippen molar-refractivity contribution in [2.45, 2.75) is 38.6 Å². The molecule has 2 aromatic heterocycles. The molecule has 0 atom stereocenters. The standard InChI is InChI=1S/C13H17BrN4/c1-8-2-4-10(5-3-8)18-12-11(17-13(18)15)6-9(14)7-16-12/h6-8,10H,2-5H2,1H3,(H2,15,17). The number of rotatable bonds is 1. The second-order valence-corrected chi connectivity index (χ2v) is 6.17. The third-order valence-electron chi connectivity index (χ3n) is 3.87. The SMILES string of the molecule is CC1CCC(n2c(N)nc3cc(Br)cnc32)CC1. The lowest BCUT2D eigenvalue weighted by molar-refractivity contribution is 0.295. The van der Waals surface area contributed by atoms with E-state index in [2.05, 4.69) is 37.4 Å². The summed E-state index contributed by atoms with van der Waals surface area (Å²) in [5.41, 5.74) is 7.85. The summed E-state index contributed by atoms with van der Waals surface area (Å²) in [6, 6.07) is 2.43. The first-order valence-corrected chi connectivity index (χ1v) is 7.23. The Labute approximate surface area is 115 Å². The van der Waals surface area contributed by atoms with Crippen LogP contribution < -0.4 is 5.73 Å². The van der Waals surface area contributed by atoms with Gasteiger partial charge in [0.2, 0.25) is 5.95 Å². The summed E-state index contributed by atoms with van der Waals surface area (Å²) >= 11 is 3.42. The molecule has 0 bridgehead atoms. The fourth-order valence-electron chi connectivity index (χ4n) is 2.84. The summed E-state index contributed by atoms with van der Waals surface area (Å²) in [6.45, 7) is 2.32. The first kappa shape index (κ1) is 12.0. The van der Waals surface area contributed by atoms with Crippen LogP contribution in [0, 0.1) is 5.92 Å². The van der Waals surface area contributed by atoms with Gasteiger partial charge in [-0.25, -0.2) is 9.97 Å². The van der Waals surface area contributed by atoms with Crippen LogP contribution in [0.25, 0.3) is 11.2 Å². The fourth-order valence-corrected chi connectivity index (χ4v) is 3.15. The molecule has 0 amide bonds. The summed E-state index contributed by atoms with van der Waals surface area (Å²) in [5.74, 6) is 1.43. The van der Waals surface area contributed by atoms with E-state index < -0.39 is 0 Å². The highest BCUT2D eigenvalue weighted by atomic mass is 79.9. The molecule has 0 spiro atoms. The van der Waals surface area contributed by atoms with E-state index in [4.69, 9.17) is 5.73 Å². The lowest BCUT2D eigenvalue weighted by atomic mass is 9.87. The Morgan fingerprint density at radius 1 is 1.33 bits per heavy atom.